The zero-order chi connectivity index (χ0) is 11.6. The maximum atomic E-state index is 12.5. The molecular weight excluding hydrogens is 207 g/mol. The van der Waals surface area contributed by atoms with Crippen LogP contribution >= 0.6 is 0 Å². The van der Waals surface area contributed by atoms with Gasteiger partial charge in [0.25, 0.3) is 0 Å². The van der Waals surface area contributed by atoms with Gasteiger partial charge in [0.2, 0.25) is 0 Å². The Labute approximate surface area is 85.8 Å². The summed E-state index contributed by atoms with van der Waals surface area (Å²) in [5, 5.41) is 0. The topological polar surface area (TPSA) is 35.2 Å². The summed E-state index contributed by atoms with van der Waals surface area (Å²) in [4.78, 5) is 4.48. The molecule has 2 nitrogen and oxygen atoms in total. The van der Waals surface area contributed by atoms with Gasteiger partial charge in [-0.1, -0.05) is 12.1 Å². The van der Waals surface area contributed by atoms with Crippen LogP contribution < -0.4 is 5.90 Å². The lowest BCUT2D eigenvalue weighted by molar-refractivity contribution is -0.138. The van der Waals surface area contributed by atoms with Gasteiger partial charge < -0.3 is 0 Å². The highest BCUT2D eigenvalue weighted by molar-refractivity contribution is 5.34. The molecule has 1 rings (SSSR count). The van der Waals surface area contributed by atoms with E-state index in [-0.39, 0.29) is 5.56 Å². The van der Waals surface area contributed by atoms with Crippen LogP contribution in [0.4, 0.5) is 13.2 Å². The van der Waals surface area contributed by atoms with Crippen molar-refractivity contribution in [3.05, 3.63) is 34.9 Å². The molecule has 0 spiro atoms. The predicted molar refractivity (Wildman–Crippen MR) is 49.9 cm³/mol. The van der Waals surface area contributed by atoms with Gasteiger partial charge in [-0.15, -0.1) is 0 Å². The van der Waals surface area contributed by atoms with E-state index < -0.39 is 17.8 Å². The zero-order valence-corrected chi connectivity index (χ0v) is 8.43. The fourth-order valence-corrected chi connectivity index (χ4v) is 1.28. The second-order valence-corrected chi connectivity index (χ2v) is 3.35. The third-order valence-electron chi connectivity index (χ3n) is 2.24. The van der Waals surface area contributed by atoms with E-state index in [1.807, 2.05) is 0 Å². The van der Waals surface area contributed by atoms with Crippen LogP contribution in [0.5, 0.6) is 0 Å². The molecule has 0 heterocycles. The van der Waals surface area contributed by atoms with Gasteiger partial charge in [0, 0.05) is 0 Å². The van der Waals surface area contributed by atoms with E-state index in [4.69, 9.17) is 5.90 Å². The van der Waals surface area contributed by atoms with Gasteiger partial charge in [-0.2, -0.15) is 13.2 Å². The normalized spacial score (nSPS) is 14.0. The van der Waals surface area contributed by atoms with Gasteiger partial charge in [0.15, 0.2) is 0 Å². The van der Waals surface area contributed by atoms with Crippen LogP contribution in [0.2, 0.25) is 0 Å². The zero-order valence-electron chi connectivity index (χ0n) is 8.43. The minimum absolute atomic E-state index is 0.190. The lowest BCUT2D eigenvalue weighted by atomic mass is 10.0. The molecule has 0 aliphatic heterocycles. The Morgan fingerprint density at radius 1 is 1.33 bits per heavy atom. The summed E-state index contributed by atoms with van der Waals surface area (Å²) in [7, 11) is 0. The van der Waals surface area contributed by atoms with Crippen LogP contribution in [0.25, 0.3) is 0 Å². The third kappa shape index (κ3) is 2.70. The van der Waals surface area contributed by atoms with Crippen molar-refractivity contribution in [1.82, 2.24) is 0 Å². The molecule has 0 aliphatic rings. The second-order valence-electron chi connectivity index (χ2n) is 3.35. The molecule has 1 aromatic carbocycles. The van der Waals surface area contributed by atoms with Gasteiger partial charge in [-0.05, 0) is 31.0 Å². The lowest BCUT2D eigenvalue weighted by Gasteiger charge is -2.14. The highest BCUT2D eigenvalue weighted by Gasteiger charge is 2.32. The van der Waals surface area contributed by atoms with Crippen LogP contribution in [-0.2, 0) is 11.0 Å². The highest BCUT2D eigenvalue weighted by atomic mass is 19.4. The number of alkyl halides is 3. The van der Waals surface area contributed by atoms with Crippen molar-refractivity contribution in [1.29, 1.82) is 0 Å². The average Bonchev–Trinajstić information content (AvgIpc) is 2.15. The largest absolute Gasteiger partial charge is 0.416 e. The van der Waals surface area contributed by atoms with E-state index in [2.05, 4.69) is 4.84 Å². The molecule has 0 radical (unpaired) electrons. The second kappa shape index (κ2) is 4.20. The van der Waals surface area contributed by atoms with E-state index in [0.717, 1.165) is 6.07 Å². The molecule has 5 heteroatoms. The van der Waals surface area contributed by atoms with E-state index in [1.165, 1.54) is 13.0 Å². The van der Waals surface area contributed by atoms with Crippen molar-refractivity contribution in [2.24, 2.45) is 5.90 Å². The number of hydrogen-bond acceptors (Lipinski definition) is 2. The first-order chi connectivity index (χ1) is 6.86. The third-order valence-corrected chi connectivity index (χ3v) is 2.24. The first-order valence-electron chi connectivity index (χ1n) is 4.39. The van der Waals surface area contributed by atoms with Crippen LogP contribution in [-0.4, -0.2) is 0 Å². The van der Waals surface area contributed by atoms with Crippen molar-refractivity contribution < 1.29 is 18.0 Å². The van der Waals surface area contributed by atoms with Crippen molar-refractivity contribution in [3.63, 3.8) is 0 Å². The first-order valence-corrected chi connectivity index (χ1v) is 4.39. The number of nitrogens with two attached hydrogens (primary N) is 1. The van der Waals surface area contributed by atoms with Crippen molar-refractivity contribution in [3.8, 4) is 0 Å². The molecule has 2 N–H and O–H groups in total. The van der Waals surface area contributed by atoms with E-state index in [0.29, 0.717) is 5.56 Å². The number of hydrogen-bond donors (Lipinski definition) is 1. The van der Waals surface area contributed by atoms with Gasteiger partial charge in [-0.3, -0.25) is 4.84 Å². The van der Waals surface area contributed by atoms with Crippen LogP contribution in [0.3, 0.4) is 0 Å². The number of rotatable bonds is 2. The molecule has 0 bridgehead atoms. The minimum Gasteiger partial charge on any atom is -0.297 e. The standard InChI is InChI=1S/C10H12F3NO/c1-6-3-4-8(7(2)15-14)5-9(6)10(11,12)13/h3-5,7H,14H2,1-2H3. The summed E-state index contributed by atoms with van der Waals surface area (Å²) in [6.45, 7) is 3.01. The molecule has 0 amide bonds. The Balaban J connectivity index is 3.17. The van der Waals surface area contributed by atoms with Crippen LogP contribution in [0.15, 0.2) is 18.2 Å². The van der Waals surface area contributed by atoms with Crippen molar-refractivity contribution in [2.75, 3.05) is 0 Å². The highest BCUT2D eigenvalue weighted by Crippen LogP contribution is 2.33. The number of benzene rings is 1. The van der Waals surface area contributed by atoms with E-state index >= 15 is 0 Å². The predicted octanol–water partition coefficient (Wildman–Crippen LogP) is 2.97. The molecule has 0 aliphatic carbocycles. The minimum atomic E-state index is -4.34. The maximum Gasteiger partial charge on any atom is 0.416 e. The maximum absolute atomic E-state index is 12.5. The molecule has 0 saturated carbocycles. The smallest absolute Gasteiger partial charge is 0.297 e. The fourth-order valence-electron chi connectivity index (χ4n) is 1.28. The van der Waals surface area contributed by atoms with Crippen molar-refractivity contribution >= 4 is 0 Å². The van der Waals surface area contributed by atoms with E-state index in [1.54, 1.807) is 13.0 Å². The molecule has 0 aromatic heterocycles. The lowest BCUT2D eigenvalue weighted by Crippen LogP contribution is -2.11. The summed E-state index contributed by atoms with van der Waals surface area (Å²) < 4.78 is 37.6. The molecule has 1 unspecified atom stereocenters. The molecule has 1 aromatic rings. The molecule has 0 saturated heterocycles. The van der Waals surface area contributed by atoms with Crippen LogP contribution in [0, 0.1) is 6.92 Å². The number of aryl methyl sites for hydroxylation is 1. The van der Waals surface area contributed by atoms with Gasteiger partial charge >= 0.3 is 6.18 Å². The summed E-state index contributed by atoms with van der Waals surface area (Å²) >= 11 is 0. The summed E-state index contributed by atoms with van der Waals surface area (Å²) in [6, 6.07) is 4.04. The van der Waals surface area contributed by atoms with Gasteiger partial charge in [0.05, 0.1) is 5.56 Å². The van der Waals surface area contributed by atoms with Crippen molar-refractivity contribution in [2.45, 2.75) is 26.1 Å². The average molecular weight is 219 g/mol. The summed E-state index contributed by atoms with van der Waals surface area (Å²) in [5.74, 6) is 4.92. The summed E-state index contributed by atoms with van der Waals surface area (Å²) in [5.41, 5.74) is -0.0465. The van der Waals surface area contributed by atoms with E-state index in [9.17, 15) is 13.2 Å². The van der Waals surface area contributed by atoms with Gasteiger partial charge in [-0.25, -0.2) is 5.90 Å². The van der Waals surface area contributed by atoms with Crippen LogP contribution in [0.1, 0.15) is 29.7 Å². The first kappa shape index (κ1) is 12.0. The molecule has 15 heavy (non-hydrogen) atoms. The molecule has 0 fully saturated rings. The SMILES string of the molecule is Cc1ccc(C(C)ON)cc1C(F)(F)F. The Kier molecular flexibility index (Phi) is 3.36. The quantitative estimate of drug-likeness (QED) is 0.776. The van der Waals surface area contributed by atoms with Gasteiger partial charge in [0.1, 0.15) is 6.10 Å². The monoisotopic (exact) mass is 219 g/mol. The molecular formula is C10H12F3NO. The fraction of sp³-hybridized carbons (Fsp3) is 0.400. The Hall–Kier alpha value is -1.07. The Morgan fingerprint density at radius 3 is 2.40 bits per heavy atom. The Bertz CT molecular complexity index is 349. The molecule has 1 atom stereocenters. The number of halogens is 3. The summed E-state index contributed by atoms with van der Waals surface area (Å²) in [6.07, 6.45) is -4.89. The molecule has 84 valence electrons. The Morgan fingerprint density at radius 2 is 1.93 bits per heavy atom.